The Bertz CT molecular complexity index is 1060. The molecule has 0 amide bonds. The standard InChI is InChI=1S/C23H23N3O.C5H13N.C2H6/c1-16(2)14-17(3)25-23-21-7-5-4-6-19(21)15-22(26-23)27-20-10-8-18(9-11-20)12-13-24;1-2-3-4-5-6;1-2/h4-11,14-15,17H,12H2,1-3H3,(H,25,26);2-6H2,1H3;1-2H3. The second kappa shape index (κ2) is 17.1. The van der Waals surface area contributed by atoms with Gasteiger partial charge >= 0.3 is 0 Å². The van der Waals surface area contributed by atoms with Gasteiger partial charge in [-0.3, -0.25) is 0 Å². The number of nitrogens with two attached hydrogens (primary N) is 1. The van der Waals surface area contributed by atoms with Gasteiger partial charge in [0.05, 0.1) is 12.5 Å². The van der Waals surface area contributed by atoms with E-state index in [1.165, 1.54) is 24.8 Å². The van der Waals surface area contributed by atoms with Crippen LogP contribution in [-0.4, -0.2) is 17.6 Å². The first-order valence-electron chi connectivity index (χ1n) is 12.6. The summed E-state index contributed by atoms with van der Waals surface area (Å²) in [5.74, 6) is 2.03. The molecule has 1 unspecified atom stereocenters. The van der Waals surface area contributed by atoms with Crippen LogP contribution >= 0.6 is 0 Å². The molecule has 5 nitrogen and oxygen atoms in total. The van der Waals surface area contributed by atoms with E-state index in [-0.39, 0.29) is 6.04 Å². The van der Waals surface area contributed by atoms with E-state index >= 15 is 0 Å². The molecule has 0 bridgehead atoms. The first-order valence-corrected chi connectivity index (χ1v) is 12.6. The highest BCUT2D eigenvalue weighted by Crippen LogP contribution is 2.29. The summed E-state index contributed by atoms with van der Waals surface area (Å²) < 4.78 is 5.97. The summed E-state index contributed by atoms with van der Waals surface area (Å²) in [6.45, 7) is 13.3. The van der Waals surface area contributed by atoms with Gasteiger partial charge in [0.2, 0.25) is 5.88 Å². The SMILES string of the molecule is CC.CC(C)=CC(C)Nc1nc(Oc2ccc(CC#N)cc2)cc2ccccc12.CCCCCN. The number of ether oxygens (including phenoxy) is 1. The molecule has 0 aliphatic rings. The van der Waals surface area contributed by atoms with Gasteiger partial charge in [0.15, 0.2) is 0 Å². The predicted octanol–water partition coefficient (Wildman–Crippen LogP) is 8.02. The number of unbranched alkanes of at least 4 members (excludes halogenated alkanes) is 2. The first-order chi connectivity index (χ1) is 17.0. The number of pyridine rings is 1. The van der Waals surface area contributed by atoms with Crippen LogP contribution in [0, 0.1) is 11.3 Å². The van der Waals surface area contributed by atoms with Crippen LogP contribution in [0.5, 0.6) is 11.6 Å². The van der Waals surface area contributed by atoms with Gasteiger partial charge in [-0.25, -0.2) is 0 Å². The van der Waals surface area contributed by atoms with Crippen molar-refractivity contribution in [2.24, 2.45) is 5.73 Å². The Morgan fingerprint density at radius 3 is 2.37 bits per heavy atom. The van der Waals surface area contributed by atoms with Crippen LogP contribution in [0.1, 0.15) is 66.4 Å². The quantitative estimate of drug-likeness (QED) is 0.242. The van der Waals surface area contributed by atoms with Crippen LogP contribution in [0.15, 0.2) is 66.2 Å². The van der Waals surface area contributed by atoms with Gasteiger partial charge < -0.3 is 15.8 Å². The minimum atomic E-state index is 0.159. The molecule has 0 saturated carbocycles. The van der Waals surface area contributed by atoms with Gasteiger partial charge in [-0.1, -0.05) is 81.7 Å². The maximum absolute atomic E-state index is 8.78. The van der Waals surface area contributed by atoms with Crippen molar-refractivity contribution < 1.29 is 4.74 Å². The zero-order valence-corrected chi connectivity index (χ0v) is 22.3. The van der Waals surface area contributed by atoms with Crippen molar-refractivity contribution >= 4 is 16.6 Å². The number of hydrogen-bond acceptors (Lipinski definition) is 5. The fraction of sp³-hybridized carbons (Fsp3) is 0.400. The summed E-state index contributed by atoms with van der Waals surface area (Å²) in [5.41, 5.74) is 7.44. The molecule has 5 heteroatoms. The van der Waals surface area contributed by atoms with Gasteiger partial charge in [-0.2, -0.15) is 10.2 Å². The number of hydrogen-bond donors (Lipinski definition) is 2. The number of nitriles is 1. The lowest BCUT2D eigenvalue weighted by molar-refractivity contribution is 0.464. The third-order valence-corrected chi connectivity index (χ3v) is 4.90. The van der Waals surface area contributed by atoms with E-state index in [0.29, 0.717) is 18.1 Å². The molecule has 0 radical (unpaired) electrons. The van der Waals surface area contributed by atoms with Crippen LogP contribution in [0.25, 0.3) is 10.8 Å². The number of anilines is 1. The molecule has 0 spiro atoms. The van der Waals surface area contributed by atoms with Gasteiger partial charge in [0, 0.05) is 17.5 Å². The van der Waals surface area contributed by atoms with Crippen LogP contribution in [-0.2, 0) is 6.42 Å². The highest BCUT2D eigenvalue weighted by atomic mass is 16.5. The van der Waals surface area contributed by atoms with E-state index in [1.807, 2.05) is 56.3 Å². The summed E-state index contributed by atoms with van der Waals surface area (Å²) in [6.07, 6.45) is 6.31. The van der Waals surface area contributed by atoms with E-state index in [4.69, 9.17) is 15.7 Å². The molecule has 35 heavy (non-hydrogen) atoms. The van der Waals surface area contributed by atoms with Gasteiger partial charge in [-0.05, 0) is 56.8 Å². The van der Waals surface area contributed by atoms with Crippen LogP contribution in [0.4, 0.5) is 5.82 Å². The second-order valence-corrected chi connectivity index (χ2v) is 8.28. The number of allylic oxidation sites excluding steroid dienone is 1. The highest BCUT2D eigenvalue weighted by Gasteiger charge is 2.09. The number of aromatic nitrogens is 1. The Balaban J connectivity index is 0.000000670. The van der Waals surface area contributed by atoms with Crippen molar-refractivity contribution in [3.63, 3.8) is 0 Å². The molecule has 1 atom stereocenters. The Labute approximate surface area is 212 Å². The van der Waals surface area contributed by atoms with Gasteiger partial charge in [0.1, 0.15) is 11.6 Å². The average molecular weight is 475 g/mol. The van der Waals surface area contributed by atoms with Crippen molar-refractivity contribution in [1.29, 1.82) is 5.26 Å². The smallest absolute Gasteiger partial charge is 0.221 e. The number of rotatable bonds is 9. The van der Waals surface area contributed by atoms with Gasteiger partial charge in [0.25, 0.3) is 0 Å². The second-order valence-electron chi connectivity index (χ2n) is 8.28. The van der Waals surface area contributed by atoms with E-state index in [1.54, 1.807) is 0 Å². The van der Waals surface area contributed by atoms with Crippen molar-refractivity contribution in [1.82, 2.24) is 4.98 Å². The Hall–Kier alpha value is -3.36. The molecule has 2 aromatic carbocycles. The van der Waals surface area contributed by atoms with E-state index in [9.17, 15) is 0 Å². The molecule has 0 fully saturated rings. The highest BCUT2D eigenvalue weighted by molar-refractivity contribution is 5.92. The molecular formula is C30H42N4O. The molecule has 188 valence electrons. The minimum Gasteiger partial charge on any atom is -0.439 e. The van der Waals surface area contributed by atoms with Crippen molar-refractivity contribution in [2.45, 2.75) is 73.3 Å². The van der Waals surface area contributed by atoms with Crippen molar-refractivity contribution in [2.75, 3.05) is 11.9 Å². The molecule has 0 saturated heterocycles. The fourth-order valence-corrected chi connectivity index (χ4v) is 3.38. The zero-order valence-electron chi connectivity index (χ0n) is 22.3. The van der Waals surface area contributed by atoms with Gasteiger partial charge in [-0.15, -0.1) is 0 Å². The van der Waals surface area contributed by atoms with Crippen LogP contribution < -0.4 is 15.8 Å². The molecular weight excluding hydrogens is 432 g/mol. The molecule has 1 aromatic heterocycles. The van der Waals surface area contributed by atoms with Crippen LogP contribution in [0.3, 0.4) is 0 Å². The minimum absolute atomic E-state index is 0.159. The Morgan fingerprint density at radius 2 is 1.80 bits per heavy atom. The summed E-state index contributed by atoms with van der Waals surface area (Å²) in [5, 5.41) is 14.4. The normalized spacial score (nSPS) is 10.6. The lowest BCUT2D eigenvalue weighted by atomic mass is 10.1. The number of nitrogens with zero attached hydrogens (tertiary/aromatic N) is 2. The third kappa shape index (κ3) is 11.1. The number of nitrogens with one attached hydrogen (secondary N) is 1. The Morgan fingerprint density at radius 1 is 1.11 bits per heavy atom. The zero-order chi connectivity index (χ0) is 26.1. The molecule has 3 rings (SSSR count). The average Bonchev–Trinajstić information content (AvgIpc) is 2.85. The monoisotopic (exact) mass is 474 g/mol. The number of fused-ring (bicyclic) bond motifs is 1. The summed E-state index contributed by atoms with van der Waals surface area (Å²) in [4.78, 5) is 4.69. The predicted molar refractivity (Wildman–Crippen MR) is 150 cm³/mol. The molecule has 3 aromatic rings. The summed E-state index contributed by atoms with van der Waals surface area (Å²) in [6, 6.07) is 19.9. The molecule has 1 heterocycles. The maximum Gasteiger partial charge on any atom is 0.221 e. The first kappa shape index (κ1) is 29.7. The lowest BCUT2D eigenvalue weighted by Crippen LogP contribution is -2.14. The van der Waals surface area contributed by atoms with Crippen LogP contribution in [0.2, 0.25) is 0 Å². The maximum atomic E-state index is 8.78. The molecule has 0 aliphatic heterocycles. The van der Waals surface area contributed by atoms with Crippen molar-refractivity contribution in [3.05, 3.63) is 71.8 Å². The molecule has 3 N–H and O–H groups in total. The van der Waals surface area contributed by atoms with E-state index in [2.05, 4.69) is 62.3 Å². The third-order valence-electron chi connectivity index (χ3n) is 4.90. The summed E-state index contributed by atoms with van der Waals surface area (Å²) >= 11 is 0. The summed E-state index contributed by atoms with van der Waals surface area (Å²) in [7, 11) is 0. The molecule has 0 aliphatic carbocycles. The van der Waals surface area contributed by atoms with E-state index < -0.39 is 0 Å². The number of benzene rings is 2. The fourth-order valence-electron chi connectivity index (χ4n) is 3.38. The largest absolute Gasteiger partial charge is 0.439 e. The van der Waals surface area contributed by atoms with Crippen molar-refractivity contribution in [3.8, 4) is 17.7 Å². The Kier molecular flexibility index (Phi) is 14.5. The van der Waals surface area contributed by atoms with E-state index in [0.717, 1.165) is 28.7 Å². The lowest BCUT2D eigenvalue weighted by Gasteiger charge is -2.15. The topological polar surface area (TPSA) is 84.0 Å².